The Kier molecular flexibility index (Phi) is 4.37. The second-order valence-electron chi connectivity index (χ2n) is 4.92. The number of alkyl halides is 1. The predicted octanol–water partition coefficient (Wildman–Crippen LogP) is 5.22. The van der Waals surface area contributed by atoms with Crippen molar-refractivity contribution in [2.24, 2.45) is 0 Å². The summed E-state index contributed by atoms with van der Waals surface area (Å²) in [6.45, 7) is 0.847. The van der Waals surface area contributed by atoms with Gasteiger partial charge < -0.3 is 4.74 Å². The fourth-order valence-corrected chi connectivity index (χ4v) is 4.07. The molecule has 2 aromatic carbocycles. The zero-order valence-electron chi connectivity index (χ0n) is 11.4. The molecule has 0 saturated carbocycles. The van der Waals surface area contributed by atoms with Gasteiger partial charge in [0.15, 0.2) is 0 Å². The number of thioether (sulfide) groups is 1. The fraction of sp³-hybridized carbons (Fsp3) is 0.294. The molecule has 2 aromatic rings. The van der Waals surface area contributed by atoms with Crippen LogP contribution in [-0.4, -0.2) is 12.9 Å². The maximum absolute atomic E-state index is 5.69. The van der Waals surface area contributed by atoms with Gasteiger partial charge in [-0.3, -0.25) is 0 Å². The molecule has 0 saturated heterocycles. The molecule has 0 radical (unpaired) electrons. The molecule has 1 atom stereocenters. The minimum atomic E-state index is 0.235. The van der Waals surface area contributed by atoms with Crippen LogP contribution >= 0.6 is 27.7 Å². The Morgan fingerprint density at radius 2 is 2.05 bits per heavy atom. The Morgan fingerprint density at radius 3 is 2.90 bits per heavy atom. The Bertz CT molecular complexity index is 612. The van der Waals surface area contributed by atoms with Gasteiger partial charge in [0.25, 0.3) is 0 Å². The quantitative estimate of drug-likeness (QED) is 0.555. The van der Waals surface area contributed by atoms with E-state index in [-0.39, 0.29) is 4.83 Å². The fourth-order valence-electron chi connectivity index (χ4n) is 2.59. The first-order valence-corrected chi connectivity index (χ1v) is 8.96. The molecule has 0 amide bonds. The second-order valence-corrected chi connectivity index (χ2v) is 6.69. The smallest absolute Gasteiger partial charge is 0.122 e. The van der Waals surface area contributed by atoms with Gasteiger partial charge in [0.1, 0.15) is 5.75 Å². The maximum atomic E-state index is 5.69. The van der Waals surface area contributed by atoms with Crippen molar-refractivity contribution in [3.8, 4) is 5.75 Å². The molecular formula is C17H17BrOS. The van der Waals surface area contributed by atoms with Gasteiger partial charge >= 0.3 is 0 Å². The van der Waals surface area contributed by atoms with Crippen LogP contribution in [0.5, 0.6) is 5.75 Å². The summed E-state index contributed by atoms with van der Waals surface area (Å²) in [7, 11) is 0. The van der Waals surface area contributed by atoms with Crippen LogP contribution in [0.15, 0.2) is 47.4 Å². The highest BCUT2D eigenvalue weighted by Crippen LogP contribution is 2.38. The van der Waals surface area contributed by atoms with E-state index >= 15 is 0 Å². The lowest BCUT2D eigenvalue weighted by molar-refractivity contribution is 0.288. The van der Waals surface area contributed by atoms with Crippen LogP contribution in [0.25, 0.3) is 0 Å². The SMILES string of the molecule is CSc1ccccc1C(Br)c1ccc2c(c1)CCCO2. The molecule has 1 unspecified atom stereocenters. The van der Waals surface area contributed by atoms with Gasteiger partial charge in [-0.15, -0.1) is 11.8 Å². The van der Waals surface area contributed by atoms with E-state index in [0.717, 1.165) is 25.2 Å². The lowest BCUT2D eigenvalue weighted by Crippen LogP contribution is -2.09. The van der Waals surface area contributed by atoms with Crippen molar-refractivity contribution >= 4 is 27.7 Å². The van der Waals surface area contributed by atoms with E-state index < -0.39 is 0 Å². The molecule has 20 heavy (non-hydrogen) atoms. The average molecular weight is 349 g/mol. The summed E-state index contributed by atoms with van der Waals surface area (Å²) in [6, 6.07) is 15.1. The molecule has 0 bridgehead atoms. The van der Waals surface area contributed by atoms with E-state index in [1.807, 2.05) is 0 Å². The average Bonchev–Trinajstić information content (AvgIpc) is 2.53. The molecule has 0 fully saturated rings. The number of hydrogen-bond acceptors (Lipinski definition) is 2. The van der Waals surface area contributed by atoms with Crippen molar-refractivity contribution in [3.05, 3.63) is 59.2 Å². The van der Waals surface area contributed by atoms with Crippen LogP contribution < -0.4 is 4.74 Å². The van der Waals surface area contributed by atoms with Crippen LogP contribution in [0.3, 0.4) is 0 Å². The van der Waals surface area contributed by atoms with Gasteiger partial charge in [0.05, 0.1) is 11.4 Å². The molecule has 0 aliphatic carbocycles. The highest BCUT2D eigenvalue weighted by Gasteiger charge is 2.17. The van der Waals surface area contributed by atoms with E-state index in [1.54, 1.807) is 11.8 Å². The third-order valence-electron chi connectivity index (χ3n) is 3.64. The van der Waals surface area contributed by atoms with Gasteiger partial charge in [-0.2, -0.15) is 0 Å². The van der Waals surface area contributed by atoms with Crippen LogP contribution in [0.2, 0.25) is 0 Å². The lowest BCUT2D eigenvalue weighted by atomic mass is 9.99. The number of rotatable bonds is 3. The van der Waals surface area contributed by atoms with Crippen LogP contribution in [0.1, 0.15) is 27.9 Å². The summed E-state index contributed by atoms with van der Waals surface area (Å²) in [6.07, 6.45) is 4.36. The first-order chi connectivity index (χ1) is 9.79. The molecule has 3 rings (SSSR count). The standard InChI is InChI=1S/C17H17BrOS/c1-20-16-7-3-2-6-14(16)17(18)13-8-9-15-12(11-13)5-4-10-19-15/h2-3,6-9,11,17H,4-5,10H2,1H3. The van der Waals surface area contributed by atoms with Crippen LogP contribution in [0.4, 0.5) is 0 Å². The molecule has 0 N–H and O–H groups in total. The monoisotopic (exact) mass is 348 g/mol. The molecule has 1 aliphatic heterocycles. The number of aryl methyl sites for hydroxylation is 1. The molecule has 1 nitrogen and oxygen atoms in total. The van der Waals surface area contributed by atoms with Gasteiger partial charge in [-0.05, 0) is 47.9 Å². The van der Waals surface area contributed by atoms with Gasteiger partial charge in [0.2, 0.25) is 0 Å². The van der Waals surface area contributed by atoms with Crippen molar-refractivity contribution in [1.29, 1.82) is 0 Å². The third-order valence-corrected chi connectivity index (χ3v) is 5.47. The van der Waals surface area contributed by atoms with Crippen LogP contribution in [-0.2, 0) is 6.42 Å². The Labute approximate surface area is 132 Å². The summed E-state index contributed by atoms with van der Waals surface area (Å²) in [4.78, 5) is 1.56. The highest BCUT2D eigenvalue weighted by molar-refractivity contribution is 9.09. The molecule has 0 spiro atoms. The van der Waals surface area contributed by atoms with Crippen molar-refractivity contribution < 1.29 is 4.74 Å². The van der Waals surface area contributed by atoms with Gasteiger partial charge in [0, 0.05) is 4.90 Å². The van der Waals surface area contributed by atoms with E-state index in [2.05, 4.69) is 64.7 Å². The zero-order chi connectivity index (χ0) is 13.9. The number of fused-ring (bicyclic) bond motifs is 1. The summed E-state index contributed by atoms with van der Waals surface area (Å²) in [5.74, 6) is 1.05. The van der Waals surface area contributed by atoms with Crippen molar-refractivity contribution in [1.82, 2.24) is 0 Å². The van der Waals surface area contributed by atoms with Gasteiger partial charge in [-0.1, -0.05) is 46.3 Å². The van der Waals surface area contributed by atoms with Crippen molar-refractivity contribution in [3.63, 3.8) is 0 Å². The Balaban J connectivity index is 1.96. The largest absolute Gasteiger partial charge is 0.493 e. The first kappa shape index (κ1) is 14.0. The lowest BCUT2D eigenvalue weighted by Gasteiger charge is -2.20. The van der Waals surface area contributed by atoms with Gasteiger partial charge in [-0.25, -0.2) is 0 Å². The normalized spacial score (nSPS) is 15.3. The summed E-state index contributed by atoms with van der Waals surface area (Å²) < 4.78 is 5.69. The predicted molar refractivity (Wildman–Crippen MR) is 89.3 cm³/mol. The number of ether oxygens (including phenoxy) is 1. The molecule has 1 aliphatic rings. The van der Waals surface area contributed by atoms with Crippen LogP contribution in [0, 0.1) is 0 Å². The second kappa shape index (κ2) is 6.23. The summed E-state index contributed by atoms with van der Waals surface area (Å²) in [5.41, 5.74) is 3.97. The zero-order valence-corrected chi connectivity index (χ0v) is 13.8. The van der Waals surface area contributed by atoms with E-state index in [9.17, 15) is 0 Å². The molecule has 104 valence electrons. The number of benzene rings is 2. The molecule has 1 heterocycles. The van der Waals surface area contributed by atoms with Crippen molar-refractivity contribution in [2.45, 2.75) is 22.6 Å². The highest BCUT2D eigenvalue weighted by atomic mass is 79.9. The molecule has 0 aromatic heterocycles. The number of hydrogen-bond donors (Lipinski definition) is 0. The summed E-state index contributed by atoms with van der Waals surface area (Å²) >= 11 is 5.65. The molecule has 3 heteroatoms. The van der Waals surface area contributed by atoms with E-state index in [0.29, 0.717) is 0 Å². The topological polar surface area (TPSA) is 9.23 Å². The Hall–Kier alpha value is -0.930. The number of halogens is 1. The first-order valence-electron chi connectivity index (χ1n) is 6.82. The minimum absolute atomic E-state index is 0.235. The van der Waals surface area contributed by atoms with Crippen molar-refractivity contribution in [2.75, 3.05) is 12.9 Å². The van der Waals surface area contributed by atoms with E-state index in [1.165, 1.54) is 21.6 Å². The third kappa shape index (κ3) is 2.75. The minimum Gasteiger partial charge on any atom is -0.493 e. The maximum Gasteiger partial charge on any atom is 0.122 e. The molecular weight excluding hydrogens is 332 g/mol. The summed E-state index contributed by atoms with van der Waals surface area (Å²) in [5, 5.41) is 0. The Morgan fingerprint density at radius 1 is 1.20 bits per heavy atom. The van der Waals surface area contributed by atoms with E-state index in [4.69, 9.17) is 4.74 Å².